The summed E-state index contributed by atoms with van der Waals surface area (Å²) < 4.78 is 5.47. The average Bonchev–Trinajstić information content (AvgIpc) is 2.73. The van der Waals surface area contributed by atoms with Crippen LogP contribution in [0.15, 0.2) is 22.6 Å². The van der Waals surface area contributed by atoms with Crippen molar-refractivity contribution in [2.75, 3.05) is 13.1 Å². The van der Waals surface area contributed by atoms with Gasteiger partial charge in [-0.05, 0) is 36.6 Å². The van der Waals surface area contributed by atoms with Crippen molar-refractivity contribution >= 4 is 11.1 Å². The second-order valence-corrected chi connectivity index (χ2v) is 5.33. The number of nitrogens with two attached hydrogens (primary N) is 1. The standard InChI is InChI=1S/C15H23N3O/c1-10(2)14(9-16)17-7-6-12-4-5-15-13(8-12)18-11(3)19-15/h4-5,8,10,14,17H,6-7,9,16H2,1-3H3. The molecule has 2 aromatic rings. The number of hydrogen-bond donors (Lipinski definition) is 2. The molecule has 1 aromatic carbocycles. The zero-order valence-electron chi connectivity index (χ0n) is 11.9. The first-order valence-electron chi connectivity index (χ1n) is 6.89. The Morgan fingerprint density at radius 1 is 1.37 bits per heavy atom. The molecule has 2 rings (SSSR count). The van der Waals surface area contributed by atoms with Gasteiger partial charge in [-0.1, -0.05) is 19.9 Å². The summed E-state index contributed by atoms with van der Waals surface area (Å²) in [5, 5.41) is 3.50. The number of aryl methyl sites for hydroxylation is 1. The summed E-state index contributed by atoms with van der Waals surface area (Å²) in [4.78, 5) is 4.35. The van der Waals surface area contributed by atoms with Crippen molar-refractivity contribution in [1.82, 2.24) is 10.3 Å². The third-order valence-corrected chi connectivity index (χ3v) is 3.44. The van der Waals surface area contributed by atoms with E-state index in [1.165, 1.54) is 5.56 Å². The quantitative estimate of drug-likeness (QED) is 0.837. The highest BCUT2D eigenvalue weighted by molar-refractivity contribution is 5.73. The van der Waals surface area contributed by atoms with E-state index in [-0.39, 0.29) is 0 Å². The summed E-state index contributed by atoms with van der Waals surface area (Å²) in [7, 11) is 0. The first-order valence-corrected chi connectivity index (χ1v) is 6.89. The summed E-state index contributed by atoms with van der Waals surface area (Å²) in [5.41, 5.74) is 8.81. The molecule has 0 aliphatic carbocycles. The van der Waals surface area contributed by atoms with Gasteiger partial charge in [-0.2, -0.15) is 0 Å². The summed E-state index contributed by atoms with van der Waals surface area (Å²) >= 11 is 0. The third-order valence-electron chi connectivity index (χ3n) is 3.44. The van der Waals surface area contributed by atoms with Crippen LogP contribution < -0.4 is 11.1 Å². The second kappa shape index (κ2) is 6.17. The number of rotatable bonds is 6. The maximum Gasteiger partial charge on any atom is 0.192 e. The number of nitrogens with one attached hydrogen (secondary N) is 1. The molecule has 0 fully saturated rings. The lowest BCUT2D eigenvalue weighted by atomic mass is 10.0. The van der Waals surface area contributed by atoms with Crippen LogP contribution in [0.2, 0.25) is 0 Å². The molecular weight excluding hydrogens is 238 g/mol. The molecule has 19 heavy (non-hydrogen) atoms. The molecule has 104 valence electrons. The van der Waals surface area contributed by atoms with Crippen LogP contribution in [0.4, 0.5) is 0 Å². The van der Waals surface area contributed by atoms with E-state index in [1.54, 1.807) is 0 Å². The highest BCUT2D eigenvalue weighted by Crippen LogP contribution is 2.16. The van der Waals surface area contributed by atoms with E-state index in [2.05, 4.69) is 36.3 Å². The fourth-order valence-electron chi connectivity index (χ4n) is 2.24. The second-order valence-electron chi connectivity index (χ2n) is 5.33. The molecule has 0 aliphatic rings. The summed E-state index contributed by atoms with van der Waals surface area (Å²) in [6.07, 6.45) is 0.977. The molecule has 0 bridgehead atoms. The Balaban J connectivity index is 1.94. The van der Waals surface area contributed by atoms with Gasteiger partial charge >= 0.3 is 0 Å². The Bertz CT molecular complexity index is 533. The minimum absolute atomic E-state index is 0.387. The SMILES string of the molecule is Cc1nc2cc(CCNC(CN)C(C)C)ccc2o1. The van der Waals surface area contributed by atoms with Crippen LogP contribution in [0.1, 0.15) is 25.3 Å². The van der Waals surface area contributed by atoms with Crippen molar-refractivity contribution in [2.45, 2.75) is 33.2 Å². The predicted molar refractivity (Wildman–Crippen MR) is 78.1 cm³/mol. The van der Waals surface area contributed by atoms with Gasteiger partial charge in [0.1, 0.15) is 5.52 Å². The van der Waals surface area contributed by atoms with Gasteiger partial charge in [0.05, 0.1) is 0 Å². The van der Waals surface area contributed by atoms with Gasteiger partial charge in [0.25, 0.3) is 0 Å². The molecule has 1 aromatic heterocycles. The molecule has 4 nitrogen and oxygen atoms in total. The fourth-order valence-corrected chi connectivity index (χ4v) is 2.24. The van der Waals surface area contributed by atoms with Crippen molar-refractivity contribution < 1.29 is 4.42 Å². The van der Waals surface area contributed by atoms with Crippen LogP contribution >= 0.6 is 0 Å². The van der Waals surface area contributed by atoms with Crippen molar-refractivity contribution in [3.63, 3.8) is 0 Å². The minimum Gasteiger partial charge on any atom is -0.441 e. The Morgan fingerprint density at radius 3 is 2.84 bits per heavy atom. The number of aromatic nitrogens is 1. The lowest BCUT2D eigenvalue weighted by Gasteiger charge is -2.20. The maximum atomic E-state index is 5.75. The van der Waals surface area contributed by atoms with Crippen LogP contribution in [-0.4, -0.2) is 24.1 Å². The van der Waals surface area contributed by atoms with Gasteiger partial charge in [-0.15, -0.1) is 0 Å². The monoisotopic (exact) mass is 261 g/mol. The molecule has 0 amide bonds. The van der Waals surface area contributed by atoms with E-state index < -0.39 is 0 Å². The van der Waals surface area contributed by atoms with E-state index in [0.717, 1.165) is 24.1 Å². The van der Waals surface area contributed by atoms with Crippen LogP contribution in [-0.2, 0) is 6.42 Å². The Morgan fingerprint density at radius 2 is 2.16 bits per heavy atom. The Labute approximate surface area is 114 Å². The zero-order chi connectivity index (χ0) is 13.8. The van der Waals surface area contributed by atoms with Crippen LogP contribution in [0.5, 0.6) is 0 Å². The maximum absolute atomic E-state index is 5.75. The van der Waals surface area contributed by atoms with Crippen LogP contribution in [0.25, 0.3) is 11.1 Å². The molecule has 0 saturated carbocycles. The molecule has 1 atom stereocenters. The highest BCUT2D eigenvalue weighted by Gasteiger charge is 2.10. The smallest absolute Gasteiger partial charge is 0.192 e. The topological polar surface area (TPSA) is 64.1 Å². The molecular formula is C15H23N3O. The number of fused-ring (bicyclic) bond motifs is 1. The molecule has 1 heterocycles. The molecule has 3 N–H and O–H groups in total. The van der Waals surface area contributed by atoms with E-state index in [1.807, 2.05) is 13.0 Å². The molecule has 1 unspecified atom stereocenters. The normalized spacial score (nSPS) is 13.3. The van der Waals surface area contributed by atoms with E-state index in [4.69, 9.17) is 10.2 Å². The van der Waals surface area contributed by atoms with Crippen LogP contribution in [0.3, 0.4) is 0 Å². The van der Waals surface area contributed by atoms with Gasteiger partial charge in [-0.3, -0.25) is 0 Å². The average molecular weight is 261 g/mol. The molecule has 0 radical (unpaired) electrons. The molecule has 0 aliphatic heterocycles. The lowest BCUT2D eigenvalue weighted by molar-refractivity contribution is 0.409. The lowest BCUT2D eigenvalue weighted by Crippen LogP contribution is -2.41. The van der Waals surface area contributed by atoms with E-state index >= 15 is 0 Å². The Kier molecular flexibility index (Phi) is 4.56. The molecule has 4 heteroatoms. The van der Waals surface area contributed by atoms with Gasteiger partial charge in [-0.25, -0.2) is 4.98 Å². The summed E-state index contributed by atoms with van der Waals surface area (Å²) in [6.45, 7) is 7.86. The highest BCUT2D eigenvalue weighted by atomic mass is 16.3. The van der Waals surface area contributed by atoms with Gasteiger partial charge in [0.2, 0.25) is 0 Å². The van der Waals surface area contributed by atoms with Crippen LogP contribution in [0, 0.1) is 12.8 Å². The van der Waals surface area contributed by atoms with Crippen molar-refractivity contribution in [2.24, 2.45) is 11.7 Å². The van der Waals surface area contributed by atoms with Gasteiger partial charge < -0.3 is 15.5 Å². The largest absolute Gasteiger partial charge is 0.441 e. The first-order chi connectivity index (χ1) is 9.10. The van der Waals surface area contributed by atoms with E-state index in [9.17, 15) is 0 Å². The predicted octanol–water partition coefficient (Wildman–Crippen LogP) is 2.25. The fraction of sp³-hybridized carbons (Fsp3) is 0.533. The summed E-state index contributed by atoms with van der Waals surface area (Å²) in [5.74, 6) is 1.28. The van der Waals surface area contributed by atoms with Crippen molar-refractivity contribution in [3.8, 4) is 0 Å². The van der Waals surface area contributed by atoms with Gasteiger partial charge in [0, 0.05) is 19.5 Å². The van der Waals surface area contributed by atoms with Gasteiger partial charge in [0.15, 0.2) is 11.5 Å². The number of nitrogens with zero attached hydrogens (tertiary/aromatic N) is 1. The summed E-state index contributed by atoms with van der Waals surface area (Å²) in [6, 6.07) is 6.58. The third kappa shape index (κ3) is 3.55. The number of benzene rings is 1. The minimum atomic E-state index is 0.387. The molecule has 0 spiro atoms. The number of oxazole rings is 1. The van der Waals surface area contributed by atoms with Crippen molar-refractivity contribution in [3.05, 3.63) is 29.7 Å². The Hall–Kier alpha value is -1.39. The molecule has 0 saturated heterocycles. The first kappa shape index (κ1) is 14.0. The number of hydrogen-bond acceptors (Lipinski definition) is 4. The van der Waals surface area contributed by atoms with Crippen molar-refractivity contribution in [1.29, 1.82) is 0 Å². The van der Waals surface area contributed by atoms with E-state index in [0.29, 0.717) is 24.4 Å². The zero-order valence-corrected chi connectivity index (χ0v) is 11.9.